The van der Waals surface area contributed by atoms with Crippen molar-refractivity contribution in [2.24, 2.45) is 23.2 Å². The molecule has 1 aliphatic carbocycles. The average molecular weight is 309 g/mol. The predicted octanol–water partition coefficient (Wildman–Crippen LogP) is 4.76. The van der Waals surface area contributed by atoms with Crippen molar-refractivity contribution in [3.63, 3.8) is 0 Å². The Balaban J connectivity index is 2.02. The highest BCUT2D eigenvalue weighted by molar-refractivity contribution is 7.09. The van der Waals surface area contributed by atoms with E-state index in [1.807, 2.05) is 16.8 Å². The summed E-state index contributed by atoms with van der Waals surface area (Å²) in [5, 5.41) is 3.67. The molecule has 1 fully saturated rings. The van der Waals surface area contributed by atoms with Crippen molar-refractivity contribution in [2.75, 3.05) is 6.54 Å². The van der Waals surface area contributed by atoms with Gasteiger partial charge >= 0.3 is 0 Å². The zero-order valence-corrected chi connectivity index (χ0v) is 15.2. The topological polar surface area (TPSA) is 24.9 Å². The van der Waals surface area contributed by atoms with Crippen molar-refractivity contribution < 1.29 is 0 Å². The van der Waals surface area contributed by atoms with Crippen LogP contribution in [0.4, 0.5) is 0 Å². The van der Waals surface area contributed by atoms with Crippen LogP contribution in [0.25, 0.3) is 0 Å². The van der Waals surface area contributed by atoms with Crippen LogP contribution in [0, 0.1) is 23.2 Å². The summed E-state index contributed by atoms with van der Waals surface area (Å²) in [6, 6.07) is 0.592. The van der Waals surface area contributed by atoms with Gasteiger partial charge in [-0.2, -0.15) is 0 Å². The van der Waals surface area contributed by atoms with Crippen LogP contribution < -0.4 is 5.32 Å². The molecule has 1 aliphatic rings. The van der Waals surface area contributed by atoms with Crippen LogP contribution in [0.3, 0.4) is 0 Å². The molecular weight excluding hydrogens is 276 g/mol. The number of thiazole rings is 1. The van der Waals surface area contributed by atoms with Crippen LogP contribution in [0.2, 0.25) is 0 Å². The minimum atomic E-state index is 0.447. The number of aromatic nitrogens is 1. The number of hydrogen-bond donors (Lipinski definition) is 1. The zero-order valence-electron chi connectivity index (χ0n) is 14.4. The SMILES string of the molecule is CC(C)NCC1CCC(C(C)(C)C)CC1Cc1cncs1. The molecule has 3 atom stereocenters. The molecule has 21 heavy (non-hydrogen) atoms. The molecular formula is C18H32N2S. The van der Waals surface area contributed by atoms with Crippen molar-refractivity contribution >= 4 is 11.3 Å². The molecule has 1 heterocycles. The summed E-state index contributed by atoms with van der Waals surface area (Å²) in [4.78, 5) is 5.72. The Hall–Kier alpha value is -0.410. The molecule has 2 nitrogen and oxygen atoms in total. The van der Waals surface area contributed by atoms with Crippen LogP contribution in [-0.4, -0.2) is 17.6 Å². The van der Waals surface area contributed by atoms with Crippen molar-refractivity contribution in [1.29, 1.82) is 0 Å². The highest BCUT2D eigenvalue weighted by atomic mass is 32.1. The highest BCUT2D eigenvalue weighted by Crippen LogP contribution is 2.43. The molecule has 1 aromatic rings. The Bertz CT molecular complexity index is 405. The lowest BCUT2D eigenvalue weighted by Gasteiger charge is -2.42. The normalized spacial score (nSPS) is 27.2. The first-order chi connectivity index (χ1) is 9.86. The van der Waals surface area contributed by atoms with Gasteiger partial charge in [0.25, 0.3) is 0 Å². The number of nitrogens with zero attached hydrogens (tertiary/aromatic N) is 1. The second-order valence-electron chi connectivity index (χ2n) is 8.13. The van der Waals surface area contributed by atoms with E-state index in [2.05, 4.69) is 51.1 Å². The Morgan fingerprint density at radius 2 is 2.05 bits per heavy atom. The third kappa shape index (κ3) is 5.07. The first-order valence-electron chi connectivity index (χ1n) is 8.47. The van der Waals surface area contributed by atoms with Gasteiger partial charge in [-0.15, -0.1) is 11.3 Å². The lowest BCUT2D eigenvalue weighted by atomic mass is 9.64. The smallest absolute Gasteiger partial charge is 0.0794 e. The van der Waals surface area contributed by atoms with Gasteiger partial charge in [0.1, 0.15) is 0 Å². The monoisotopic (exact) mass is 308 g/mol. The summed E-state index contributed by atoms with van der Waals surface area (Å²) in [5.41, 5.74) is 2.42. The van der Waals surface area contributed by atoms with Gasteiger partial charge in [-0.25, -0.2) is 0 Å². The van der Waals surface area contributed by atoms with E-state index in [1.54, 1.807) is 0 Å². The van der Waals surface area contributed by atoms with Gasteiger partial charge in [-0.1, -0.05) is 34.6 Å². The van der Waals surface area contributed by atoms with Gasteiger partial charge in [0.15, 0.2) is 0 Å². The summed E-state index contributed by atoms with van der Waals surface area (Å²) in [6.45, 7) is 12.9. The third-order valence-corrected chi connectivity index (χ3v) is 5.90. The second-order valence-corrected chi connectivity index (χ2v) is 9.10. The minimum Gasteiger partial charge on any atom is -0.314 e. The van der Waals surface area contributed by atoms with Crippen molar-refractivity contribution in [3.05, 3.63) is 16.6 Å². The maximum Gasteiger partial charge on any atom is 0.0794 e. The predicted molar refractivity (Wildman–Crippen MR) is 92.7 cm³/mol. The molecule has 120 valence electrons. The van der Waals surface area contributed by atoms with Crippen LogP contribution >= 0.6 is 11.3 Å². The summed E-state index contributed by atoms with van der Waals surface area (Å²) >= 11 is 1.82. The molecule has 0 aliphatic heterocycles. The standard InChI is InChI=1S/C18H32N2S/c1-13(2)20-10-14-6-7-16(18(3,4)5)8-15(14)9-17-11-19-12-21-17/h11-16,20H,6-10H2,1-5H3. The van der Waals surface area contributed by atoms with E-state index in [-0.39, 0.29) is 0 Å². The lowest BCUT2D eigenvalue weighted by Crippen LogP contribution is -2.39. The van der Waals surface area contributed by atoms with E-state index < -0.39 is 0 Å². The Morgan fingerprint density at radius 3 is 2.62 bits per heavy atom. The molecule has 0 amide bonds. The van der Waals surface area contributed by atoms with Crippen molar-refractivity contribution in [2.45, 2.75) is 66.3 Å². The quantitative estimate of drug-likeness (QED) is 0.848. The van der Waals surface area contributed by atoms with Crippen LogP contribution in [-0.2, 0) is 6.42 Å². The molecule has 0 saturated heterocycles. The fourth-order valence-electron chi connectivity index (χ4n) is 3.62. The van der Waals surface area contributed by atoms with Gasteiger partial charge in [-0.05, 0) is 55.4 Å². The molecule has 1 N–H and O–H groups in total. The van der Waals surface area contributed by atoms with E-state index in [0.29, 0.717) is 11.5 Å². The molecule has 0 aromatic carbocycles. The van der Waals surface area contributed by atoms with Gasteiger partial charge in [-0.3, -0.25) is 4.98 Å². The highest BCUT2D eigenvalue weighted by Gasteiger charge is 2.35. The molecule has 2 rings (SSSR count). The number of hydrogen-bond acceptors (Lipinski definition) is 3. The molecule has 0 spiro atoms. The molecule has 0 radical (unpaired) electrons. The van der Waals surface area contributed by atoms with Gasteiger partial charge in [0, 0.05) is 17.1 Å². The maximum atomic E-state index is 4.26. The Labute approximate surface area is 134 Å². The molecule has 1 aromatic heterocycles. The molecule has 3 unspecified atom stereocenters. The summed E-state index contributed by atoms with van der Waals surface area (Å²) in [6.07, 6.45) is 7.45. The van der Waals surface area contributed by atoms with Crippen LogP contribution in [0.1, 0.15) is 58.8 Å². The van der Waals surface area contributed by atoms with Crippen LogP contribution in [0.5, 0.6) is 0 Å². The van der Waals surface area contributed by atoms with Gasteiger partial charge in [0.05, 0.1) is 5.51 Å². The summed E-state index contributed by atoms with van der Waals surface area (Å²) in [7, 11) is 0. The van der Waals surface area contributed by atoms with E-state index in [0.717, 1.165) is 17.8 Å². The zero-order chi connectivity index (χ0) is 15.5. The number of nitrogens with one attached hydrogen (secondary N) is 1. The fraction of sp³-hybridized carbons (Fsp3) is 0.833. The largest absolute Gasteiger partial charge is 0.314 e. The van der Waals surface area contributed by atoms with Crippen molar-refractivity contribution in [3.8, 4) is 0 Å². The number of rotatable bonds is 5. The average Bonchev–Trinajstić information content (AvgIpc) is 2.88. The van der Waals surface area contributed by atoms with E-state index in [4.69, 9.17) is 0 Å². The third-order valence-electron chi connectivity index (χ3n) is 5.10. The van der Waals surface area contributed by atoms with E-state index >= 15 is 0 Å². The minimum absolute atomic E-state index is 0.447. The van der Waals surface area contributed by atoms with Gasteiger partial charge < -0.3 is 5.32 Å². The fourth-order valence-corrected chi connectivity index (χ4v) is 4.31. The van der Waals surface area contributed by atoms with E-state index in [9.17, 15) is 0 Å². The van der Waals surface area contributed by atoms with E-state index in [1.165, 1.54) is 37.1 Å². The second kappa shape index (κ2) is 7.23. The first-order valence-corrected chi connectivity index (χ1v) is 9.35. The first kappa shape index (κ1) is 17.0. The maximum absolute atomic E-state index is 4.26. The molecule has 3 heteroatoms. The van der Waals surface area contributed by atoms with Gasteiger partial charge in [0.2, 0.25) is 0 Å². The summed E-state index contributed by atoms with van der Waals surface area (Å²) in [5.74, 6) is 2.51. The Kier molecular flexibility index (Phi) is 5.84. The summed E-state index contributed by atoms with van der Waals surface area (Å²) < 4.78 is 0. The lowest BCUT2D eigenvalue weighted by molar-refractivity contribution is 0.0965. The molecule has 1 saturated carbocycles. The van der Waals surface area contributed by atoms with Crippen LogP contribution in [0.15, 0.2) is 11.7 Å². The Morgan fingerprint density at radius 1 is 1.29 bits per heavy atom. The molecule has 0 bridgehead atoms. The van der Waals surface area contributed by atoms with Crippen molar-refractivity contribution in [1.82, 2.24) is 10.3 Å².